The molecule has 2 aromatic rings. The lowest BCUT2D eigenvalue weighted by molar-refractivity contribution is -0.154. The van der Waals surface area contributed by atoms with Gasteiger partial charge in [0.2, 0.25) is 13.6 Å². The first kappa shape index (κ1) is 23.6. The number of ether oxygens (including phenoxy) is 3. The average Bonchev–Trinajstić information content (AvgIpc) is 3.70. The van der Waals surface area contributed by atoms with E-state index in [0.717, 1.165) is 25.7 Å². The van der Waals surface area contributed by atoms with Crippen molar-refractivity contribution >= 4 is 36.5 Å². The standard InChI is InChI=1S/C19H26N5O8P/c1-12(6-24-8-23-15-16(20)21-7-22-17(15)24)30-11-33(27,31-9-28-18(25)13-2-3-13)32-10-29-19(26)14-4-5-14/h7-8,12-14H,2-6,9-11H2,1H3,(H2,20,21,22)/t12-/m1/s1. The van der Waals surface area contributed by atoms with E-state index < -0.39 is 45.6 Å². The highest BCUT2D eigenvalue weighted by Crippen LogP contribution is 2.48. The topological polar surface area (TPSA) is 167 Å². The van der Waals surface area contributed by atoms with E-state index in [9.17, 15) is 14.2 Å². The number of aromatic nitrogens is 4. The molecular weight excluding hydrogens is 457 g/mol. The maximum atomic E-state index is 13.1. The molecule has 0 amide bonds. The minimum atomic E-state index is -3.90. The van der Waals surface area contributed by atoms with Crippen molar-refractivity contribution in [2.24, 2.45) is 11.8 Å². The van der Waals surface area contributed by atoms with Gasteiger partial charge in [0.15, 0.2) is 11.5 Å². The van der Waals surface area contributed by atoms with E-state index in [-0.39, 0.29) is 17.7 Å². The van der Waals surface area contributed by atoms with Gasteiger partial charge in [-0.3, -0.25) is 23.2 Å². The Morgan fingerprint density at radius 1 is 1.09 bits per heavy atom. The summed E-state index contributed by atoms with van der Waals surface area (Å²) in [6, 6.07) is 0. The third-order valence-electron chi connectivity index (χ3n) is 5.12. The number of carbonyl (C=O) groups is 2. The van der Waals surface area contributed by atoms with Gasteiger partial charge in [0.25, 0.3) is 0 Å². The van der Waals surface area contributed by atoms with Gasteiger partial charge in [-0.15, -0.1) is 0 Å². The summed E-state index contributed by atoms with van der Waals surface area (Å²) in [5.41, 5.74) is 6.80. The van der Waals surface area contributed by atoms with Gasteiger partial charge in [-0.25, -0.2) is 15.0 Å². The minimum absolute atomic E-state index is 0.132. The number of fused-ring (bicyclic) bond motifs is 1. The number of esters is 2. The third-order valence-corrected chi connectivity index (χ3v) is 6.59. The number of hydrogen-bond acceptors (Lipinski definition) is 12. The number of nitrogens with zero attached hydrogens (tertiary/aromatic N) is 4. The normalized spacial score (nSPS) is 17.1. The summed E-state index contributed by atoms with van der Waals surface area (Å²) in [6.07, 6.45) is 5.06. The van der Waals surface area contributed by atoms with Crippen LogP contribution < -0.4 is 5.73 Å². The molecule has 0 aromatic carbocycles. The lowest BCUT2D eigenvalue weighted by atomic mass is 10.4. The second-order valence-corrected chi connectivity index (χ2v) is 10.0. The van der Waals surface area contributed by atoms with Gasteiger partial charge in [-0.2, -0.15) is 0 Å². The molecule has 2 aromatic heterocycles. The molecule has 33 heavy (non-hydrogen) atoms. The van der Waals surface area contributed by atoms with Crippen LogP contribution in [-0.4, -0.2) is 57.5 Å². The third kappa shape index (κ3) is 6.47. The van der Waals surface area contributed by atoms with Crippen molar-refractivity contribution in [3.05, 3.63) is 12.7 Å². The van der Waals surface area contributed by atoms with E-state index in [1.165, 1.54) is 6.33 Å². The fourth-order valence-electron chi connectivity index (χ4n) is 2.90. The Labute approximate surface area is 189 Å². The quantitative estimate of drug-likeness (QED) is 0.250. The van der Waals surface area contributed by atoms with Crippen LogP contribution in [0.15, 0.2) is 12.7 Å². The first-order chi connectivity index (χ1) is 15.8. The molecule has 2 N–H and O–H groups in total. The van der Waals surface area contributed by atoms with Crippen LogP contribution in [0, 0.1) is 11.8 Å². The molecule has 180 valence electrons. The van der Waals surface area contributed by atoms with E-state index in [1.54, 1.807) is 17.8 Å². The van der Waals surface area contributed by atoms with E-state index >= 15 is 0 Å². The molecule has 2 heterocycles. The van der Waals surface area contributed by atoms with Crippen molar-refractivity contribution < 1.29 is 37.4 Å². The Balaban J connectivity index is 1.31. The average molecular weight is 483 g/mol. The van der Waals surface area contributed by atoms with Gasteiger partial charge >= 0.3 is 19.5 Å². The smallest absolute Gasteiger partial charge is 0.361 e. The van der Waals surface area contributed by atoms with Crippen LogP contribution in [-0.2, 0) is 44.0 Å². The van der Waals surface area contributed by atoms with E-state index in [0.29, 0.717) is 17.7 Å². The lowest BCUT2D eigenvalue weighted by Gasteiger charge is -2.21. The summed E-state index contributed by atoms with van der Waals surface area (Å²) in [5, 5.41) is 0. The molecular formula is C19H26N5O8P. The predicted octanol–water partition coefficient (Wildman–Crippen LogP) is 1.82. The maximum Gasteiger partial charge on any atom is 0.361 e. The Kier molecular flexibility index (Phi) is 7.23. The number of carbonyl (C=O) groups excluding carboxylic acids is 2. The SMILES string of the molecule is C[C@H](Cn1cnc2c(N)ncnc21)OCP(=O)(OCOC(=O)C1CC1)OCOC(=O)C1CC1. The summed E-state index contributed by atoms with van der Waals surface area (Å²) in [4.78, 5) is 35.6. The predicted molar refractivity (Wildman–Crippen MR) is 112 cm³/mol. The fraction of sp³-hybridized carbons (Fsp3) is 0.632. The van der Waals surface area contributed by atoms with Gasteiger partial charge in [0, 0.05) is 0 Å². The highest BCUT2D eigenvalue weighted by Gasteiger charge is 2.34. The molecule has 0 bridgehead atoms. The van der Waals surface area contributed by atoms with Crippen molar-refractivity contribution in [2.75, 3.05) is 25.7 Å². The highest BCUT2D eigenvalue weighted by molar-refractivity contribution is 7.53. The van der Waals surface area contributed by atoms with Gasteiger partial charge < -0.3 is 24.5 Å². The number of rotatable bonds is 13. The molecule has 2 aliphatic carbocycles. The molecule has 0 saturated heterocycles. The van der Waals surface area contributed by atoms with E-state index in [2.05, 4.69) is 15.0 Å². The Hall–Kier alpha value is -2.60. The molecule has 14 heteroatoms. The molecule has 13 nitrogen and oxygen atoms in total. The molecule has 0 unspecified atom stereocenters. The Morgan fingerprint density at radius 3 is 2.27 bits per heavy atom. The second-order valence-electron chi connectivity index (χ2n) is 8.01. The molecule has 0 spiro atoms. The fourth-order valence-corrected chi connectivity index (χ4v) is 3.98. The first-order valence-corrected chi connectivity index (χ1v) is 12.3. The van der Waals surface area contributed by atoms with Crippen LogP contribution in [0.1, 0.15) is 32.6 Å². The highest BCUT2D eigenvalue weighted by atomic mass is 31.2. The van der Waals surface area contributed by atoms with Gasteiger partial charge in [-0.05, 0) is 32.6 Å². The van der Waals surface area contributed by atoms with Crippen LogP contribution in [0.4, 0.5) is 5.82 Å². The van der Waals surface area contributed by atoms with Crippen molar-refractivity contribution in [3.63, 3.8) is 0 Å². The van der Waals surface area contributed by atoms with Crippen molar-refractivity contribution in [1.29, 1.82) is 0 Å². The summed E-state index contributed by atoms with van der Waals surface area (Å²) in [6.45, 7) is 0.966. The molecule has 2 saturated carbocycles. The molecule has 0 aliphatic heterocycles. The molecule has 0 radical (unpaired) electrons. The minimum Gasteiger partial charge on any atom is -0.438 e. The summed E-state index contributed by atoms with van der Waals surface area (Å²) >= 11 is 0. The maximum absolute atomic E-state index is 13.1. The molecule has 4 rings (SSSR count). The Bertz CT molecular complexity index is 1020. The Morgan fingerprint density at radius 2 is 1.70 bits per heavy atom. The van der Waals surface area contributed by atoms with Crippen molar-refractivity contribution in [2.45, 2.75) is 45.3 Å². The van der Waals surface area contributed by atoms with Gasteiger partial charge in [0.1, 0.15) is 18.2 Å². The zero-order valence-corrected chi connectivity index (χ0v) is 19.0. The molecule has 2 fully saturated rings. The van der Waals surface area contributed by atoms with Crippen LogP contribution >= 0.6 is 7.60 Å². The van der Waals surface area contributed by atoms with Crippen LogP contribution in [0.2, 0.25) is 0 Å². The first-order valence-electron chi connectivity index (χ1n) is 10.6. The number of nitrogen functional groups attached to an aromatic ring is 1. The van der Waals surface area contributed by atoms with Crippen molar-refractivity contribution in [3.8, 4) is 0 Å². The summed E-state index contributed by atoms with van der Waals surface area (Å²) in [5.74, 6) is -0.825. The lowest BCUT2D eigenvalue weighted by Crippen LogP contribution is -2.19. The van der Waals surface area contributed by atoms with Gasteiger partial charge in [0.05, 0.1) is 30.8 Å². The van der Waals surface area contributed by atoms with Gasteiger partial charge in [-0.1, -0.05) is 0 Å². The van der Waals surface area contributed by atoms with E-state index in [4.69, 9.17) is 29.0 Å². The van der Waals surface area contributed by atoms with Crippen LogP contribution in [0.3, 0.4) is 0 Å². The summed E-state index contributed by atoms with van der Waals surface area (Å²) < 4.78 is 40.9. The number of hydrogen-bond donors (Lipinski definition) is 1. The monoisotopic (exact) mass is 483 g/mol. The zero-order chi connectivity index (χ0) is 23.4. The second kappa shape index (κ2) is 10.1. The van der Waals surface area contributed by atoms with Crippen molar-refractivity contribution in [1.82, 2.24) is 19.5 Å². The number of nitrogens with two attached hydrogens (primary N) is 1. The van der Waals surface area contributed by atoms with Crippen LogP contribution in [0.5, 0.6) is 0 Å². The number of anilines is 1. The molecule has 1 atom stereocenters. The van der Waals surface area contributed by atoms with Crippen LogP contribution in [0.25, 0.3) is 11.2 Å². The number of imidazole rings is 1. The summed E-state index contributed by atoms with van der Waals surface area (Å²) in [7, 11) is -3.90. The van der Waals surface area contributed by atoms with E-state index in [1.807, 2.05) is 0 Å². The zero-order valence-electron chi connectivity index (χ0n) is 18.1. The molecule has 2 aliphatic rings. The largest absolute Gasteiger partial charge is 0.438 e.